The predicted octanol–water partition coefficient (Wildman–Crippen LogP) is 2.55. The number of aliphatic hydroxyl groups excluding tert-OH is 4. The largest absolute Gasteiger partial charge is 0.491 e. The third kappa shape index (κ3) is 6.83. The van der Waals surface area contributed by atoms with Crippen molar-refractivity contribution < 1.29 is 34.6 Å². The Morgan fingerprint density at radius 3 is 2.42 bits per heavy atom. The predicted molar refractivity (Wildman–Crippen MR) is 128 cm³/mol. The number of hydrogen-bond acceptors (Lipinski definition) is 8. The monoisotopic (exact) mass is 498 g/mol. The van der Waals surface area contributed by atoms with Crippen molar-refractivity contribution >= 4 is 23.4 Å². The second-order valence-corrected chi connectivity index (χ2v) is 9.27. The number of hydrogen-bond donors (Lipinski definition) is 4. The smallest absolute Gasteiger partial charge is 0.132 e. The van der Waals surface area contributed by atoms with Gasteiger partial charge in [-0.25, -0.2) is 0 Å². The first kappa shape index (κ1) is 26.2. The molecule has 1 saturated heterocycles. The Labute approximate surface area is 203 Å². The summed E-state index contributed by atoms with van der Waals surface area (Å²) in [5, 5.41) is 41.2. The van der Waals surface area contributed by atoms with Crippen LogP contribution in [0.5, 0.6) is 5.75 Å². The van der Waals surface area contributed by atoms with Gasteiger partial charge in [0.05, 0.1) is 6.61 Å². The molecule has 1 heterocycles. The van der Waals surface area contributed by atoms with E-state index in [2.05, 4.69) is 0 Å². The Balaban J connectivity index is 1.68. The molecule has 7 nitrogen and oxygen atoms in total. The van der Waals surface area contributed by atoms with Crippen LogP contribution >= 0.6 is 23.4 Å². The van der Waals surface area contributed by atoms with Gasteiger partial charge in [0.2, 0.25) is 0 Å². The zero-order valence-electron chi connectivity index (χ0n) is 18.6. The molecule has 3 rings (SSSR count). The Morgan fingerprint density at radius 1 is 1.03 bits per heavy atom. The molecule has 33 heavy (non-hydrogen) atoms. The summed E-state index contributed by atoms with van der Waals surface area (Å²) in [6, 6.07) is 12.8. The maximum atomic E-state index is 10.5. The second-order valence-electron chi connectivity index (χ2n) is 7.93. The van der Waals surface area contributed by atoms with Crippen LogP contribution in [0, 0.1) is 0 Å². The number of halogens is 1. The summed E-state index contributed by atoms with van der Waals surface area (Å²) in [4.78, 5) is 0. The van der Waals surface area contributed by atoms with Gasteiger partial charge in [0, 0.05) is 11.6 Å². The third-order valence-electron chi connectivity index (χ3n) is 5.47. The molecule has 4 N–H and O–H groups in total. The van der Waals surface area contributed by atoms with E-state index in [4.69, 9.17) is 25.8 Å². The van der Waals surface area contributed by atoms with Gasteiger partial charge in [0.15, 0.2) is 0 Å². The number of ether oxygens (including phenoxy) is 3. The summed E-state index contributed by atoms with van der Waals surface area (Å²) in [5.41, 5.74) is 1.87. The van der Waals surface area contributed by atoms with Crippen LogP contribution in [0.15, 0.2) is 42.5 Å². The number of rotatable bonds is 10. The summed E-state index contributed by atoms with van der Waals surface area (Å²) < 4.78 is 16.6. The Bertz CT molecular complexity index is 880. The minimum absolute atomic E-state index is 0.147. The summed E-state index contributed by atoms with van der Waals surface area (Å²) >= 11 is 7.70. The number of thioether (sulfide) groups is 1. The van der Waals surface area contributed by atoms with Gasteiger partial charge in [0.25, 0.3) is 0 Å². The maximum Gasteiger partial charge on any atom is 0.132 e. The molecular weight excluding hydrogens is 468 g/mol. The molecule has 2 aromatic rings. The molecule has 1 aliphatic rings. The third-order valence-corrected chi connectivity index (χ3v) is 6.70. The highest BCUT2D eigenvalue weighted by atomic mass is 35.5. The lowest BCUT2D eigenvalue weighted by Gasteiger charge is -2.40. The highest BCUT2D eigenvalue weighted by Gasteiger charge is 2.44. The van der Waals surface area contributed by atoms with Crippen LogP contribution < -0.4 is 4.74 Å². The molecule has 0 aromatic heterocycles. The highest BCUT2D eigenvalue weighted by Crippen LogP contribution is 2.37. The van der Waals surface area contributed by atoms with Gasteiger partial charge in [-0.1, -0.05) is 35.9 Å². The molecular formula is C24H31ClO7S. The van der Waals surface area contributed by atoms with Crippen molar-refractivity contribution in [2.45, 2.75) is 49.3 Å². The van der Waals surface area contributed by atoms with Crippen LogP contribution in [0.4, 0.5) is 0 Å². The van der Waals surface area contributed by atoms with Gasteiger partial charge in [-0.2, -0.15) is 0 Å². The molecule has 0 amide bonds. The van der Waals surface area contributed by atoms with E-state index < -0.39 is 36.0 Å². The normalized spacial score (nSPS) is 26.2. The molecule has 5 unspecified atom stereocenters. The van der Waals surface area contributed by atoms with Gasteiger partial charge in [-0.3, -0.25) is 0 Å². The minimum atomic E-state index is -1.31. The van der Waals surface area contributed by atoms with E-state index in [1.165, 1.54) is 11.8 Å². The maximum absolute atomic E-state index is 10.5. The van der Waals surface area contributed by atoms with E-state index in [-0.39, 0.29) is 13.2 Å². The minimum Gasteiger partial charge on any atom is -0.491 e. The van der Waals surface area contributed by atoms with E-state index in [1.807, 2.05) is 37.3 Å². The molecule has 6 atom stereocenters. The van der Waals surface area contributed by atoms with E-state index in [9.17, 15) is 20.4 Å². The molecule has 0 radical (unpaired) electrons. The lowest BCUT2D eigenvalue weighted by molar-refractivity contribution is -0.200. The van der Waals surface area contributed by atoms with E-state index in [0.717, 1.165) is 11.1 Å². The van der Waals surface area contributed by atoms with Crippen molar-refractivity contribution in [1.29, 1.82) is 0 Å². The standard InChI is InChI=1S/C24H31ClO7S/c1-3-30-12-17(26)13-31-18-7-4-14(5-8-18)10-16-11-15(6-9-19(16)25)23-21(28)20(27)22(29)24(32-23)33-2/h4-9,11,17,20-24,26-29H,3,10,12-13H2,1-2H3/t17-,20?,21?,22?,23?,24?/m0/s1. The lowest BCUT2D eigenvalue weighted by atomic mass is 9.92. The van der Waals surface area contributed by atoms with Crippen LogP contribution in [0.25, 0.3) is 0 Å². The Hall–Kier alpha value is -1.36. The number of benzene rings is 2. The fourth-order valence-corrected chi connectivity index (χ4v) is 4.50. The zero-order valence-corrected chi connectivity index (χ0v) is 20.2. The van der Waals surface area contributed by atoms with Gasteiger partial charge in [-0.05, 0) is 54.5 Å². The summed E-state index contributed by atoms with van der Waals surface area (Å²) in [6.45, 7) is 2.79. The van der Waals surface area contributed by atoms with Gasteiger partial charge in [-0.15, -0.1) is 11.8 Å². The molecule has 1 aliphatic heterocycles. The van der Waals surface area contributed by atoms with Crippen LogP contribution in [-0.2, 0) is 15.9 Å². The topological polar surface area (TPSA) is 109 Å². The average Bonchev–Trinajstić information content (AvgIpc) is 2.82. The molecule has 1 fully saturated rings. The van der Waals surface area contributed by atoms with Crippen molar-refractivity contribution in [2.75, 3.05) is 26.1 Å². The summed E-state index contributed by atoms with van der Waals surface area (Å²) in [6.07, 6.45) is -2.88. The molecule has 0 aliphatic carbocycles. The van der Waals surface area contributed by atoms with Gasteiger partial charge in [0.1, 0.15) is 48.3 Å². The van der Waals surface area contributed by atoms with E-state index in [1.54, 1.807) is 18.4 Å². The zero-order chi connectivity index (χ0) is 24.0. The molecule has 0 bridgehead atoms. The molecule has 0 saturated carbocycles. The van der Waals surface area contributed by atoms with Gasteiger partial charge >= 0.3 is 0 Å². The van der Waals surface area contributed by atoms with Crippen molar-refractivity contribution in [3.8, 4) is 5.75 Å². The van der Waals surface area contributed by atoms with Crippen LogP contribution in [0.3, 0.4) is 0 Å². The fourth-order valence-electron chi connectivity index (χ4n) is 3.64. The molecule has 9 heteroatoms. The Kier molecular flexibility index (Phi) is 9.84. The van der Waals surface area contributed by atoms with Crippen molar-refractivity contribution in [1.82, 2.24) is 0 Å². The molecule has 0 spiro atoms. The number of aliphatic hydroxyl groups is 4. The van der Waals surface area contributed by atoms with Gasteiger partial charge < -0.3 is 34.6 Å². The van der Waals surface area contributed by atoms with Crippen LogP contribution in [-0.4, -0.2) is 76.4 Å². The quantitative estimate of drug-likeness (QED) is 0.396. The van der Waals surface area contributed by atoms with Crippen molar-refractivity contribution in [3.05, 3.63) is 64.2 Å². The Morgan fingerprint density at radius 2 is 1.76 bits per heavy atom. The van der Waals surface area contributed by atoms with Crippen LogP contribution in [0.2, 0.25) is 5.02 Å². The van der Waals surface area contributed by atoms with E-state index in [0.29, 0.717) is 29.4 Å². The molecule has 2 aromatic carbocycles. The first-order valence-corrected chi connectivity index (χ1v) is 12.5. The van der Waals surface area contributed by atoms with Crippen molar-refractivity contribution in [3.63, 3.8) is 0 Å². The fraction of sp³-hybridized carbons (Fsp3) is 0.500. The SMILES string of the molecule is CCOC[C@H](O)COc1ccc(Cc2cc(C3OC(SC)C(O)C(O)C3O)ccc2Cl)cc1. The van der Waals surface area contributed by atoms with Crippen LogP contribution in [0.1, 0.15) is 29.7 Å². The first-order valence-electron chi connectivity index (χ1n) is 10.8. The van der Waals surface area contributed by atoms with Crippen molar-refractivity contribution in [2.24, 2.45) is 0 Å². The average molecular weight is 499 g/mol. The second kappa shape index (κ2) is 12.4. The summed E-state index contributed by atoms with van der Waals surface area (Å²) in [5.74, 6) is 0.642. The lowest BCUT2D eigenvalue weighted by Crippen LogP contribution is -2.52. The van der Waals surface area contributed by atoms with E-state index >= 15 is 0 Å². The highest BCUT2D eigenvalue weighted by molar-refractivity contribution is 7.99. The first-order chi connectivity index (χ1) is 15.8. The molecule has 182 valence electrons. The summed E-state index contributed by atoms with van der Waals surface area (Å²) in [7, 11) is 0.